The van der Waals surface area contributed by atoms with Crippen molar-refractivity contribution in [2.24, 2.45) is 0 Å². The summed E-state index contributed by atoms with van der Waals surface area (Å²) in [6.45, 7) is 3.59. The van der Waals surface area contributed by atoms with Crippen LogP contribution in [0.4, 0.5) is 5.69 Å². The van der Waals surface area contributed by atoms with E-state index in [1.165, 1.54) is 6.08 Å². The molecule has 2 aromatic carbocycles. The summed E-state index contributed by atoms with van der Waals surface area (Å²) in [5.41, 5.74) is 3.72. The number of esters is 1. The minimum Gasteiger partial charge on any atom is -0.452 e. The van der Waals surface area contributed by atoms with Crippen molar-refractivity contribution in [2.45, 2.75) is 13.8 Å². The minimum atomic E-state index is -0.551. The molecule has 0 saturated heterocycles. The van der Waals surface area contributed by atoms with Crippen molar-refractivity contribution in [3.05, 3.63) is 68.8 Å². The van der Waals surface area contributed by atoms with Gasteiger partial charge in [-0.15, -0.1) is 0 Å². The molecular formula is C19H18INO3. The Kier molecular flexibility index (Phi) is 6.54. The first-order chi connectivity index (χ1) is 11.4. The first-order valence-electron chi connectivity index (χ1n) is 7.41. The molecule has 2 rings (SSSR count). The Bertz CT molecular complexity index is 767. The summed E-state index contributed by atoms with van der Waals surface area (Å²) in [4.78, 5) is 23.5. The van der Waals surface area contributed by atoms with Crippen LogP contribution in [0.25, 0.3) is 6.08 Å². The third-order valence-electron chi connectivity index (χ3n) is 3.30. The number of amides is 1. The zero-order valence-corrected chi connectivity index (χ0v) is 15.7. The van der Waals surface area contributed by atoms with Gasteiger partial charge in [0.05, 0.1) is 0 Å². The molecule has 1 amide bonds. The Morgan fingerprint density at radius 2 is 1.83 bits per heavy atom. The van der Waals surface area contributed by atoms with Crippen LogP contribution >= 0.6 is 22.6 Å². The van der Waals surface area contributed by atoms with Gasteiger partial charge in [0, 0.05) is 15.3 Å². The van der Waals surface area contributed by atoms with Crippen molar-refractivity contribution in [1.82, 2.24) is 0 Å². The Balaban J connectivity index is 1.82. The smallest absolute Gasteiger partial charge is 0.331 e. The number of rotatable bonds is 5. The molecule has 1 N–H and O–H groups in total. The van der Waals surface area contributed by atoms with Crippen molar-refractivity contribution in [3.63, 3.8) is 0 Å². The number of carbonyl (C=O) groups is 2. The van der Waals surface area contributed by atoms with E-state index in [9.17, 15) is 9.59 Å². The van der Waals surface area contributed by atoms with Gasteiger partial charge in [0.1, 0.15) is 0 Å². The van der Waals surface area contributed by atoms with Crippen LogP contribution in [0.3, 0.4) is 0 Å². The molecule has 0 aliphatic rings. The van der Waals surface area contributed by atoms with E-state index >= 15 is 0 Å². The molecule has 0 radical (unpaired) electrons. The molecule has 0 heterocycles. The Hall–Kier alpha value is -2.15. The normalized spacial score (nSPS) is 10.6. The van der Waals surface area contributed by atoms with Gasteiger partial charge in [-0.05, 0) is 71.8 Å². The van der Waals surface area contributed by atoms with E-state index in [-0.39, 0.29) is 12.5 Å². The van der Waals surface area contributed by atoms with Crippen LogP contribution in [0, 0.1) is 17.4 Å². The van der Waals surface area contributed by atoms with Crippen LogP contribution in [-0.2, 0) is 14.3 Å². The van der Waals surface area contributed by atoms with E-state index in [1.807, 2.05) is 56.3 Å². The number of benzene rings is 2. The van der Waals surface area contributed by atoms with E-state index in [1.54, 1.807) is 6.08 Å². The fraction of sp³-hybridized carbons (Fsp3) is 0.158. The molecule has 0 aliphatic carbocycles. The second kappa shape index (κ2) is 8.63. The molecule has 4 nitrogen and oxygen atoms in total. The maximum Gasteiger partial charge on any atom is 0.331 e. The summed E-state index contributed by atoms with van der Waals surface area (Å²) < 4.78 is 6.04. The molecule has 5 heteroatoms. The molecule has 0 aliphatic heterocycles. The number of halogens is 1. The molecular weight excluding hydrogens is 417 g/mol. The van der Waals surface area contributed by atoms with Gasteiger partial charge in [-0.25, -0.2) is 4.79 Å². The van der Waals surface area contributed by atoms with E-state index in [4.69, 9.17) is 4.74 Å². The molecule has 0 fully saturated rings. The summed E-state index contributed by atoms with van der Waals surface area (Å²) >= 11 is 2.21. The highest BCUT2D eigenvalue weighted by Gasteiger charge is 2.07. The first kappa shape index (κ1) is 18.2. The molecule has 124 valence electrons. The van der Waals surface area contributed by atoms with E-state index in [0.29, 0.717) is 5.69 Å². The maximum atomic E-state index is 11.9. The third-order valence-corrected chi connectivity index (χ3v) is 3.97. The van der Waals surface area contributed by atoms with Crippen molar-refractivity contribution in [1.29, 1.82) is 0 Å². The standard InChI is InChI=1S/C19H18INO3/c1-13-3-5-15(6-4-13)7-10-19(23)24-12-18(22)21-17-9-8-16(20)11-14(17)2/h3-11H,12H2,1-2H3,(H,21,22)/b10-7+. The zero-order valence-electron chi connectivity index (χ0n) is 13.5. The number of ether oxygens (including phenoxy) is 1. The Morgan fingerprint density at radius 1 is 1.12 bits per heavy atom. The van der Waals surface area contributed by atoms with Gasteiger partial charge in [-0.2, -0.15) is 0 Å². The predicted octanol–water partition coefficient (Wildman–Crippen LogP) is 4.10. The summed E-state index contributed by atoms with van der Waals surface area (Å²) in [6.07, 6.45) is 2.97. The average molecular weight is 435 g/mol. The number of carbonyl (C=O) groups excluding carboxylic acids is 2. The van der Waals surface area contributed by atoms with Crippen molar-refractivity contribution in [3.8, 4) is 0 Å². The topological polar surface area (TPSA) is 55.4 Å². The number of hydrogen-bond donors (Lipinski definition) is 1. The van der Waals surface area contributed by atoms with Gasteiger partial charge >= 0.3 is 5.97 Å². The summed E-state index contributed by atoms with van der Waals surface area (Å²) in [7, 11) is 0. The second-order valence-electron chi connectivity index (χ2n) is 5.36. The van der Waals surface area contributed by atoms with Crippen LogP contribution in [0.5, 0.6) is 0 Å². The molecule has 2 aromatic rings. The molecule has 0 spiro atoms. The summed E-state index contributed by atoms with van der Waals surface area (Å²) in [5, 5.41) is 2.73. The van der Waals surface area contributed by atoms with Crippen LogP contribution in [0.1, 0.15) is 16.7 Å². The highest BCUT2D eigenvalue weighted by atomic mass is 127. The highest BCUT2D eigenvalue weighted by molar-refractivity contribution is 14.1. The SMILES string of the molecule is Cc1ccc(/C=C/C(=O)OCC(=O)Nc2ccc(I)cc2C)cc1. The maximum absolute atomic E-state index is 11.9. The molecule has 0 unspecified atom stereocenters. The highest BCUT2D eigenvalue weighted by Crippen LogP contribution is 2.17. The predicted molar refractivity (Wildman–Crippen MR) is 104 cm³/mol. The molecule has 0 saturated carbocycles. The molecule has 0 atom stereocenters. The van der Waals surface area contributed by atoms with E-state index in [0.717, 1.165) is 20.3 Å². The average Bonchev–Trinajstić information content (AvgIpc) is 2.55. The van der Waals surface area contributed by atoms with Gasteiger partial charge < -0.3 is 10.1 Å². The number of aryl methyl sites for hydroxylation is 2. The van der Waals surface area contributed by atoms with Crippen LogP contribution in [0.2, 0.25) is 0 Å². The van der Waals surface area contributed by atoms with Gasteiger partial charge in [0.15, 0.2) is 6.61 Å². The number of nitrogens with one attached hydrogen (secondary N) is 1. The first-order valence-corrected chi connectivity index (χ1v) is 8.49. The zero-order chi connectivity index (χ0) is 17.5. The largest absolute Gasteiger partial charge is 0.452 e. The summed E-state index contributed by atoms with van der Waals surface area (Å²) in [6, 6.07) is 13.4. The molecule has 24 heavy (non-hydrogen) atoms. The van der Waals surface area contributed by atoms with Gasteiger partial charge in [0.25, 0.3) is 5.91 Å². The van der Waals surface area contributed by atoms with E-state index < -0.39 is 5.97 Å². The van der Waals surface area contributed by atoms with Gasteiger partial charge in [-0.3, -0.25) is 4.79 Å². The molecule has 0 aromatic heterocycles. The van der Waals surface area contributed by atoms with Crippen molar-refractivity contribution < 1.29 is 14.3 Å². The molecule has 0 bridgehead atoms. The lowest BCUT2D eigenvalue weighted by Gasteiger charge is -2.08. The van der Waals surface area contributed by atoms with Crippen LogP contribution in [0.15, 0.2) is 48.5 Å². The van der Waals surface area contributed by atoms with Crippen molar-refractivity contribution >= 4 is 46.2 Å². The number of hydrogen-bond acceptors (Lipinski definition) is 3. The lowest BCUT2D eigenvalue weighted by Crippen LogP contribution is -2.20. The Labute approximate surface area is 155 Å². The second-order valence-corrected chi connectivity index (χ2v) is 6.60. The third kappa shape index (κ3) is 5.81. The van der Waals surface area contributed by atoms with E-state index in [2.05, 4.69) is 27.9 Å². The lowest BCUT2D eigenvalue weighted by molar-refractivity contribution is -0.142. The number of anilines is 1. The van der Waals surface area contributed by atoms with Gasteiger partial charge in [0.2, 0.25) is 0 Å². The van der Waals surface area contributed by atoms with Crippen LogP contribution in [-0.4, -0.2) is 18.5 Å². The van der Waals surface area contributed by atoms with Crippen molar-refractivity contribution in [2.75, 3.05) is 11.9 Å². The Morgan fingerprint density at radius 3 is 2.50 bits per heavy atom. The van der Waals surface area contributed by atoms with Crippen LogP contribution < -0.4 is 5.32 Å². The van der Waals surface area contributed by atoms with Gasteiger partial charge in [-0.1, -0.05) is 29.8 Å². The summed E-state index contributed by atoms with van der Waals surface area (Å²) in [5.74, 6) is -0.915. The fourth-order valence-corrected chi connectivity index (χ4v) is 2.63. The monoisotopic (exact) mass is 435 g/mol. The fourth-order valence-electron chi connectivity index (χ4n) is 1.98. The quantitative estimate of drug-likeness (QED) is 0.437. The lowest BCUT2D eigenvalue weighted by atomic mass is 10.1. The minimum absolute atomic E-state index is 0.317.